The summed E-state index contributed by atoms with van der Waals surface area (Å²) in [6.45, 7) is 1.68. The van der Waals surface area contributed by atoms with E-state index in [2.05, 4.69) is 4.98 Å². The molecule has 0 amide bonds. The number of hydrogen-bond acceptors (Lipinski definition) is 3. The Morgan fingerprint density at radius 3 is 2.53 bits per heavy atom. The molecular weight excluding hydrogens is 262 g/mol. The summed E-state index contributed by atoms with van der Waals surface area (Å²) in [6, 6.07) is 11.0. The number of carbonyl (C=O) groups excluding carboxylic acids is 1. The monoisotopic (exact) mass is 273 g/mol. The Bertz CT molecular complexity index is 591. The first-order valence-corrected chi connectivity index (χ1v) is 6.09. The molecule has 0 spiro atoms. The molecule has 0 N–H and O–H groups in total. The second-order valence-corrected chi connectivity index (χ2v) is 4.30. The topological polar surface area (TPSA) is 39.2 Å². The molecule has 4 heteroatoms. The lowest BCUT2D eigenvalue weighted by Gasteiger charge is -2.05. The minimum Gasteiger partial charge on any atom is -0.456 e. The van der Waals surface area contributed by atoms with Gasteiger partial charge in [-0.1, -0.05) is 12.1 Å². The minimum atomic E-state index is -0.448. The van der Waals surface area contributed by atoms with Crippen LogP contribution in [0.25, 0.3) is 6.08 Å². The normalized spacial score (nSPS) is 11.2. The van der Waals surface area contributed by atoms with Crippen LogP contribution in [0.15, 0.2) is 54.4 Å². The zero-order chi connectivity index (χ0) is 13.7. The first-order chi connectivity index (χ1) is 9.15. The van der Waals surface area contributed by atoms with E-state index in [9.17, 15) is 4.79 Å². The number of benzene rings is 1. The fourth-order valence-corrected chi connectivity index (χ4v) is 1.54. The van der Waals surface area contributed by atoms with Gasteiger partial charge in [-0.3, -0.25) is 9.78 Å². The fourth-order valence-electron chi connectivity index (χ4n) is 1.48. The van der Waals surface area contributed by atoms with Crippen molar-refractivity contribution in [2.75, 3.05) is 0 Å². The summed E-state index contributed by atoms with van der Waals surface area (Å²) in [6.07, 6.45) is 5.06. The standard InChI is InChI=1S/C15H12ClNO2/c1-11(15(16)18)9-12-4-6-13(7-5-12)19-14-3-2-8-17-10-14/h2-10H,1H3. The summed E-state index contributed by atoms with van der Waals surface area (Å²) < 4.78 is 5.61. The maximum absolute atomic E-state index is 10.9. The first-order valence-electron chi connectivity index (χ1n) is 5.71. The highest BCUT2D eigenvalue weighted by molar-refractivity contribution is 6.68. The average Bonchev–Trinajstić information content (AvgIpc) is 2.42. The molecule has 0 atom stereocenters. The molecule has 2 rings (SSSR count). The van der Waals surface area contributed by atoms with E-state index in [1.54, 1.807) is 25.4 Å². The van der Waals surface area contributed by atoms with Crippen LogP contribution in [0.1, 0.15) is 12.5 Å². The Morgan fingerprint density at radius 2 is 1.95 bits per heavy atom. The maximum atomic E-state index is 10.9. The van der Waals surface area contributed by atoms with Gasteiger partial charge in [-0.05, 0) is 54.4 Å². The van der Waals surface area contributed by atoms with Gasteiger partial charge in [-0.25, -0.2) is 0 Å². The second-order valence-electron chi connectivity index (χ2n) is 3.96. The van der Waals surface area contributed by atoms with Crippen LogP contribution in [0.2, 0.25) is 0 Å². The molecule has 0 fully saturated rings. The highest BCUT2D eigenvalue weighted by Gasteiger charge is 2.00. The third kappa shape index (κ3) is 3.93. The van der Waals surface area contributed by atoms with Crippen LogP contribution in [0, 0.1) is 0 Å². The van der Waals surface area contributed by atoms with Gasteiger partial charge in [0.15, 0.2) is 0 Å². The van der Waals surface area contributed by atoms with Gasteiger partial charge in [-0.2, -0.15) is 0 Å². The van der Waals surface area contributed by atoms with Crippen LogP contribution >= 0.6 is 11.6 Å². The summed E-state index contributed by atoms with van der Waals surface area (Å²) in [7, 11) is 0. The van der Waals surface area contributed by atoms with Gasteiger partial charge >= 0.3 is 0 Å². The van der Waals surface area contributed by atoms with E-state index in [0.29, 0.717) is 17.1 Å². The van der Waals surface area contributed by atoms with Gasteiger partial charge in [0.05, 0.1) is 6.20 Å². The molecule has 0 aliphatic carbocycles. The number of rotatable bonds is 4. The number of carbonyl (C=O) groups is 1. The van der Waals surface area contributed by atoms with E-state index in [1.165, 1.54) is 0 Å². The van der Waals surface area contributed by atoms with Crippen molar-refractivity contribution in [3.8, 4) is 11.5 Å². The first kappa shape index (κ1) is 13.3. The molecule has 96 valence electrons. The average molecular weight is 274 g/mol. The lowest BCUT2D eigenvalue weighted by molar-refractivity contribution is -0.108. The number of allylic oxidation sites excluding steroid dienone is 1. The molecule has 3 nitrogen and oxygen atoms in total. The molecular formula is C15H12ClNO2. The highest BCUT2D eigenvalue weighted by Crippen LogP contribution is 2.21. The molecule has 1 aromatic carbocycles. The Balaban J connectivity index is 2.11. The molecule has 0 saturated carbocycles. The molecule has 0 saturated heterocycles. The van der Waals surface area contributed by atoms with Crippen molar-refractivity contribution in [1.82, 2.24) is 4.98 Å². The van der Waals surface area contributed by atoms with Crippen molar-refractivity contribution in [2.24, 2.45) is 0 Å². The summed E-state index contributed by atoms with van der Waals surface area (Å²) in [4.78, 5) is 14.9. The van der Waals surface area contributed by atoms with Crippen LogP contribution in [0.3, 0.4) is 0 Å². The largest absolute Gasteiger partial charge is 0.456 e. The van der Waals surface area contributed by atoms with Crippen LogP contribution in [-0.2, 0) is 4.79 Å². The predicted molar refractivity (Wildman–Crippen MR) is 75.3 cm³/mol. The molecule has 2 aromatic rings. The molecule has 0 radical (unpaired) electrons. The van der Waals surface area contributed by atoms with E-state index in [1.807, 2.05) is 36.4 Å². The molecule has 1 aromatic heterocycles. The number of ether oxygens (including phenoxy) is 1. The third-order valence-electron chi connectivity index (χ3n) is 2.44. The van der Waals surface area contributed by atoms with Gasteiger partial charge in [-0.15, -0.1) is 0 Å². The van der Waals surface area contributed by atoms with Gasteiger partial charge < -0.3 is 4.74 Å². The highest BCUT2D eigenvalue weighted by atomic mass is 35.5. The zero-order valence-corrected chi connectivity index (χ0v) is 11.1. The Hall–Kier alpha value is -2.13. The number of hydrogen-bond donors (Lipinski definition) is 0. The van der Waals surface area contributed by atoms with E-state index in [4.69, 9.17) is 16.3 Å². The molecule has 0 bridgehead atoms. The van der Waals surface area contributed by atoms with Gasteiger partial charge in [0.1, 0.15) is 11.5 Å². The Morgan fingerprint density at radius 1 is 1.21 bits per heavy atom. The van der Waals surface area contributed by atoms with Crippen LogP contribution < -0.4 is 4.74 Å². The van der Waals surface area contributed by atoms with Crippen LogP contribution in [-0.4, -0.2) is 10.2 Å². The van der Waals surface area contributed by atoms with Gasteiger partial charge in [0.2, 0.25) is 5.24 Å². The summed E-state index contributed by atoms with van der Waals surface area (Å²) in [5.74, 6) is 1.39. The SMILES string of the molecule is CC(=Cc1ccc(Oc2cccnc2)cc1)C(=O)Cl. The van der Waals surface area contributed by atoms with Gasteiger partial charge in [0, 0.05) is 11.8 Å². The predicted octanol–water partition coefficient (Wildman–Crippen LogP) is 4.04. The van der Waals surface area contributed by atoms with E-state index < -0.39 is 5.24 Å². The molecule has 19 heavy (non-hydrogen) atoms. The Kier molecular flexibility index (Phi) is 4.31. The van der Waals surface area contributed by atoms with Crippen molar-refractivity contribution < 1.29 is 9.53 Å². The summed E-state index contributed by atoms with van der Waals surface area (Å²) in [5.41, 5.74) is 1.40. The summed E-state index contributed by atoms with van der Waals surface area (Å²) in [5, 5.41) is -0.448. The Labute approximate surface area is 116 Å². The van der Waals surface area contributed by atoms with E-state index >= 15 is 0 Å². The van der Waals surface area contributed by atoms with Crippen molar-refractivity contribution in [1.29, 1.82) is 0 Å². The van der Waals surface area contributed by atoms with Crippen molar-refractivity contribution in [2.45, 2.75) is 6.92 Å². The molecule has 0 aliphatic heterocycles. The van der Waals surface area contributed by atoms with Crippen molar-refractivity contribution in [3.05, 3.63) is 59.9 Å². The number of pyridine rings is 1. The smallest absolute Gasteiger partial charge is 0.248 e. The van der Waals surface area contributed by atoms with Crippen LogP contribution in [0.4, 0.5) is 0 Å². The quantitative estimate of drug-likeness (QED) is 0.623. The minimum absolute atomic E-state index is 0.448. The second kappa shape index (κ2) is 6.16. The lowest BCUT2D eigenvalue weighted by Crippen LogP contribution is -1.88. The van der Waals surface area contributed by atoms with Gasteiger partial charge in [0.25, 0.3) is 0 Å². The van der Waals surface area contributed by atoms with Crippen molar-refractivity contribution >= 4 is 22.9 Å². The van der Waals surface area contributed by atoms with Crippen molar-refractivity contribution in [3.63, 3.8) is 0 Å². The lowest BCUT2D eigenvalue weighted by atomic mass is 10.1. The fraction of sp³-hybridized carbons (Fsp3) is 0.0667. The number of nitrogens with zero attached hydrogens (tertiary/aromatic N) is 1. The molecule has 1 heterocycles. The maximum Gasteiger partial charge on any atom is 0.248 e. The molecule has 0 aliphatic rings. The molecule has 0 unspecified atom stereocenters. The van der Waals surface area contributed by atoms with E-state index in [-0.39, 0.29) is 0 Å². The third-order valence-corrected chi connectivity index (χ3v) is 2.74. The summed E-state index contributed by atoms with van der Waals surface area (Å²) >= 11 is 5.38. The van der Waals surface area contributed by atoms with E-state index in [0.717, 1.165) is 5.56 Å². The zero-order valence-electron chi connectivity index (χ0n) is 10.3. The number of halogens is 1. The van der Waals surface area contributed by atoms with Crippen LogP contribution in [0.5, 0.6) is 11.5 Å². The number of aromatic nitrogens is 1.